The van der Waals surface area contributed by atoms with Gasteiger partial charge in [0.2, 0.25) is 0 Å². The molecule has 0 aliphatic heterocycles. The molecule has 0 fully saturated rings. The Balaban J connectivity index is 2.18. The summed E-state index contributed by atoms with van der Waals surface area (Å²) in [4.78, 5) is 25.5. The molecule has 0 unspecified atom stereocenters. The number of hydrogen-bond donors (Lipinski definition) is 2. The van der Waals surface area contributed by atoms with Gasteiger partial charge in [-0.15, -0.1) is 0 Å². The first-order valence-electron chi connectivity index (χ1n) is 8.30. The highest BCUT2D eigenvalue weighted by atomic mass is 19.1. The first-order valence-corrected chi connectivity index (χ1v) is 8.30. The molecule has 3 aromatic rings. The van der Waals surface area contributed by atoms with Gasteiger partial charge in [-0.05, 0) is 30.2 Å². The average Bonchev–Trinajstić information content (AvgIpc) is 2.60. The number of carbonyl (C=O) groups is 1. The highest BCUT2D eigenvalue weighted by molar-refractivity contribution is 6.09. The van der Waals surface area contributed by atoms with Crippen molar-refractivity contribution in [3.05, 3.63) is 70.3 Å². The molecule has 5 nitrogen and oxygen atoms in total. The highest BCUT2D eigenvalue weighted by Crippen LogP contribution is 2.27. The van der Waals surface area contributed by atoms with Crippen molar-refractivity contribution in [3.8, 4) is 5.75 Å². The first-order chi connectivity index (χ1) is 12.4. The van der Waals surface area contributed by atoms with E-state index in [0.29, 0.717) is 17.4 Å². The van der Waals surface area contributed by atoms with Crippen LogP contribution in [0.5, 0.6) is 5.75 Å². The van der Waals surface area contributed by atoms with Gasteiger partial charge < -0.3 is 15.0 Å². The third-order valence-corrected chi connectivity index (χ3v) is 4.04. The summed E-state index contributed by atoms with van der Waals surface area (Å²) in [6.07, 6.45) is 0. The van der Waals surface area contributed by atoms with Crippen molar-refractivity contribution in [2.45, 2.75) is 20.4 Å². The summed E-state index contributed by atoms with van der Waals surface area (Å²) in [6, 6.07) is 12.5. The third-order valence-electron chi connectivity index (χ3n) is 4.04. The summed E-state index contributed by atoms with van der Waals surface area (Å²) in [6.45, 7) is 4.29. The molecule has 0 aliphatic rings. The number of carbonyl (C=O) groups excluding carboxylic acids is 1. The Morgan fingerprint density at radius 3 is 2.50 bits per heavy atom. The van der Waals surface area contributed by atoms with Crippen molar-refractivity contribution in [3.63, 3.8) is 0 Å². The van der Waals surface area contributed by atoms with Crippen molar-refractivity contribution in [2.24, 2.45) is 5.92 Å². The Morgan fingerprint density at radius 2 is 1.81 bits per heavy atom. The van der Waals surface area contributed by atoms with Crippen LogP contribution in [0, 0.1) is 11.7 Å². The van der Waals surface area contributed by atoms with Gasteiger partial charge in [-0.25, -0.2) is 4.39 Å². The highest BCUT2D eigenvalue weighted by Gasteiger charge is 2.23. The molecule has 2 N–H and O–H groups in total. The summed E-state index contributed by atoms with van der Waals surface area (Å²) in [5, 5.41) is 13.3. The zero-order valence-corrected chi connectivity index (χ0v) is 14.5. The molecule has 0 aliphatic carbocycles. The fraction of sp³-hybridized carbons (Fsp3) is 0.200. The molecule has 0 saturated carbocycles. The maximum atomic E-state index is 13.8. The van der Waals surface area contributed by atoms with E-state index in [4.69, 9.17) is 0 Å². The normalized spacial score (nSPS) is 11.1. The molecule has 0 saturated heterocycles. The second-order valence-electron chi connectivity index (χ2n) is 6.48. The third kappa shape index (κ3) is 3.18. The first kappa shape index (κ1) is 17.7. The van der Waals surface area contributed by atoms with Crippen LogP contribution < -0.4 is 10.9 Å². The number of amides is 1. The van der Waals surface area contributed by atoms with Gasteiger partial charge in [-0.2, -0.15) is 0 Å². The lowest BCUT2D eigenvalue weighted by atomic mass is 10.1. The molecule has 6 heteroatoms. The van der Waals surface area contributed by atoms with Gasteiger partial charge in [-0.3, -0.25) is 9.59 Å². The van der Waals surface area contributed by atoms with Gasteiger partial charge in [0.25, 0.3) is 11.5 Å². The molecule has 1 heterocycles. The topological polar surface area (TPSA) is 71.3 Å². The van der Waals surface area contributed by atoms with Crippen LogP contribution in [0.1, 0.15) is 24.2 Å². The van der Waals surface area contributed by atoms with E-state index in [1.54, 1.807) is 30.3 Å². The number of aromatic hydroxyl groups is 1. The standard InChI is InChI=1S/C20H19FN2O3/c1-12(2)11-23-16-10-6-3-7-13(16)18(24)17(20(23)26)19(25)22-15-9-5-4-8-14(15)21/h3-10,12,24H,11H2,1-2H3,(H,22,25). The Bertz CT molecular complexity index is 1040. The SMILES string of the molecule is CC(C)Cn1c(=O)c(C(=O)Nc2ccccc2F)c(O)c2ccccc21. The summed E-state index contributed by atoms with van der Waals surface area (Å²) < 4.78 is 15.3. The Morgan fingerprint density at radius 1 is 1.15 bits per heavy atom. The van der Waals surface area contributed by atoms with E-state index in [2.05, 4.69) is 5.32 Å². The molecular formula is C20H19FN2O3. The molecule has 1 amide bonds. The monoisotopic (exact) mass is 354 g/mol. The van der Waals surface area contributed by atoms with Crippen LogP contribution in [-0.4, -0.2) is 15.6 Å². The number of halogens is 1. The number of hydrogen-bond acceptors (Lipinski definition) is 3. The lowest BCUT2D eigenvalue weighted by Crippen LogP contribution is -2.31. The number of pyridine rings is 1. The molecule has 2 aromatic carbocycles. The predicted octanol–water partition coefficient (Wildman–Crippen LogP) is 3.75. The molecular weight excluding hydrogens is 335 g/mol. The van der Waals surface area contributed by atoms with Crippen LogP contribution in [0.25, 0.3) is 10.9 Å². The summed E-state index contributed by atoms with van der Waals surface area (Å²) >= 11 is 0. The quantitative estimate of drug-likeness (QED) is 0.749. The van der Waals surface area contributed by atoms with E-state index >= 15 is 0 Å². The molecule has 1 aromatic heterocycles. The van der Waals surface area contributed by atoms with Crippen molar-refractivity contribution in [1.29, 1.82) is 0 Å². The number of para-hydroxylation sites is 2. The van der Waals surface area contributed by atoms with Gasteiger partial charge in [-0.1, -0.05) is 38.1 Å². The second-order valence-corrected chi connectivity index (χ2v) is 6.48. The van der Waals surface area contributed by atoms with Crippen LogP contribution in [0.3, 0.4) is 0 Å². The second kappa shape index (κ2) is 7.00. The van der Waals surface area contributed by atoms with E-state index < -0.39 is 28.6 Å². The fourth-order valence-electron chi connectivity index (χ4n) is 2.89. The van der Waals surface area contributed by atoms with Crippen molar-refractivity contribution in [1.82, 2.24) is 4.57 Å². The van der Waals surface area contributed by atoms with Gasteiger partial charge in [0.1, 0.15) is 17.1 Å². The lowest BCUT2D eigenvalue weighted by Gasteiger charge is -2.16. The van der Waals surface area contributed by atoms with Crippen LogP contribution >= 0.6 is 0 Å². The molecule has 0 radical (unpaired) electrons. The number of nitrogens with one attached hydrogen (secondary N) is 1. The largest absolute Gasteiger partial charge is 0.506 e. The van der Waals surface area contributed by atoms with Gasteiger partial charge >= 0.3 is 0 Å². The Kier molecular flexibility index (Phi) is 4.75. The number of rotatable bonds is 4. The zero-order valence-electron chi connectivity index (χ0n) is 14.5. The van der Waals surface area contributed by atoms with E-state index in [1.165, 1.54) is 22.8 Å². The molecule has 134 valence electrons. The van der Waals surface area contributed by atoms with Gasteiger partial charge in [0.15, 0.2) is 0 Å². The molecule has 0 atom stereocenters. The molecule has 0 bridgehead atoms. The van der Waals surface area contributed by atoms with Crippen molar-refractivity contribution >= 4 is 22.5 Å². The Hall–Kier alpha value is -3.15. The maximum absolute atomic E-state index is 13.8. The lowest BCUT2D eigenvalue weighted by molar-refractivity contribution is 0.102. The number of aromatic nitrogens is 1. The van der Waals surface area contributed by atoms with Crippen molar-refractivity contribution in [2.75, 3.05) is 5.32 Å². The van der Waals surface area contributed by atoms with Crippen LogP contribution in [0.4, 0.5) is 10.1 Å². The molecule has 3 rings (SSSR count). The Labute approximate surface area is 149 Å². The number of nitrogens with zero attached hydrogens (tertiary/aromatic N) is 1. The van der Waals surface area contributed by atoms with Crippen LogP contribution in [0.2, 0.25) is 0 Å². The van der Waals surface area contributed by atoms with E-state index in [0.717, 1.165) is 0 Å². The number of anilines is 1. The van der Waals surface area contributed by atoms with Gasteiger partial charge in [0.05, 0.1) is 11.2 Å². The molecule has 0 spiro atoms. The van der Waals surface area contributed by atoms with Crippen LogP contribution in [-0.2, 0) is 6.54 Å². The van der Waals surface area contributed by atoms with E-state index in [-0.39, 0.29) is 11.6 Å². The maximum Gasteiger partial charge on any atom is 0.267 e. The van der Waals surface area contributed by atoms with Crippen LogP contribution in [0.15, 0.2) is 53.3 Å². The minimum atomic E-state index is -0.846. The average molecular weight is 354 g/mol. The number of fused-ring (bicyclic) bond motifs is 1. The zero-order chi connectivity index (χ0) is 18.8. The predicted molar refractivity (Wildman–Crippen MR) is 99.1 cm³/mol. The van der Waals surface area contributed by atoms with Crippen molar-refractivity contribution < 1.29 is 14.3 Å². The minimum Gasteiger partial charge on any atom is -0.506 e. The smallest absolute Gasteiger partial charge is 0.267 e. The fourth-order valence-corrected chi connectivity index (χ4v) is 2.89. The summed E-state index contributed by atoms with van der Waals surface area (Å²) in [7, 11) is 0. The summed E-state index contributed by atoms with van der Waals surface area (Å²) in [5.41, 5.74) is -0.512. The minimum absolute atomic E-state index is 0.0557. The number of benzene rings is 2. The van der Waals surface area contributed by atoms with E-state index in [9.17, 15) is 19.1 Å². The summed E-state index contributed by atoms with van der Waals surface area (Å²) in [5.74, 6) is -1.72. The van der Waals surface area contributed by atoms with Gasteiger partial charge in [0, 0.05) is 11.9 Å². The van der Waals surface area contributed by atoms with E-state index in [1.807, 2.05) is 13.8 Å². The molecule has 26 heavy (non-hydrogen) atoms.